The van der Waals surface area contributed by atoms with Crippen LogP contribution in [0, 0.1) is 11.3 Å². The second-order valence-electron chi connectivity index (χ2n) is 8.15. The molecular formula is C24H27N5O3S. The van der Waals surface area contributed by atoms with E-state index in [0.29, 0.717) is 16.1 Å². The monoisotopic (exact) mass is 465 g/mol. The summed E-state index contributed by atoms with van der Waals surface area (Å²) in [5.41, 5.74) is 7.59. The molecular weight excluding hydrogens is 438 g/mol. The van der Waals surface area contributed by atoms with Gasteiger partial charge in [-0.2, -0.15) is 0 Å². The van der Waals surface area contributed by atoms with E-state index in [1.54, 1.807) is 18.2 Å². The van der Waals surface area contributed by atoms with Crippen molar-refractivity contribution in [2.24, 2.45) is 11.7 Å². The molecule has 1 unspecified atom stereocenters. The third-order valence-corrected chi connectivity index (χ3v) is 6.17. The Kier molecular flexibility index (Phi) is 7.55. The zero-order valence-corrected chi connectivity index (χ0v) is 19.5. The van der Waals surface area contributed by atoms with Gasteiger partial charge in [0.25, 0.3) is 0 Å². The maximum Gasteiger partial charge on any atom is 0.243 e. The normalized spacial score (nSPS) is 12.8. The summed E-state index contributed by atoms with van der Waals surface area (Å²) in [6.45, 7) is 4.99. The highest BCUT2D eigenvalue weighted by molar-refractivity contribution is 7.20. The van der Waals surface area contributed by atoms with Crippen LogP contribution in [-0.2, 0) is 16.0 Å². The molecule has 2 aromatic carbocycles. The van der Waals surface area contributed by atoms with Crippen LogP contribution in [0.1, 0.15) is 41.7 Å². The number of thiazole rings is 1. The molecule has 2 amide bonds. The van der Waals surface area contributed by atoms with E-state index in [4.69, 9.17) is 11.1 Å². The lowest BCUT2D eigenvalue weighted by atomic mass is 9.98. The Morgan fingerprint density at radius 2 is 1.82 bits per heavy atom. The van der Waals surface area contributed by atoms with Crippen LogP contribution in [0.25, 0.3) is 10.2 Å². The van der Waals surface area contributed by atoms with Gasteiger partial charge in [-0.3, -0.25) is 19.8 Å². The third-order valence-electron chi connectivity index (χ3n) is 5.12. The van der Waals surface area contributed by atoms with Gasteiger partial charge in [0.2, 0.25) is 17.6 Å². The molecule has 0 fully saturated rings. The molecule has 0 aliphatic heterocycles. The molecule has 5 N–H and O–H groups in total. The van der Waals surface area contributed by atoms with Crippen molar-refractivity contribution < 1.29 is 14.4 Å². The maximum atomic E-state index is 13.5. The van der Waals surface area contributed by atoms with Crippen LogP contribution in [0.4, 0.5) is 0 Å². The third kappa shape index (κ3) is 6.01. The van der Waals surface area contributed by atoms with Crippen molar-refractivity contribution in [3.05, 3.63) is 64.7 Å². The highest BCUT2D eigenvalue weighted by atomic mass is 32.1. The number of nitrogen functional groups attached to an aromatic ring is 1. The lowest BCUT2D eigenvalue weighted by molar-refractivity contribution is -0.129. The van der Waals surface area contributed by atoms with Crippen molar-refractivity contribution in [2.45, 2.75) is 39.3 Å². The second kappa shape index (κ2) is 10.4. The predicted molar refractivity (Wildman–Crippen MR) is 129 cm³/mol. The van der Waals surface area contributed by atoms with Crippen LogP contribution < -0.4 is 16.4 Å². The number of carbonyl (C=O) groups is 3. The van der Waals surface area contributed by atoms with Crippen LogP contribution in [0.15, 0.2) is 48.5 Å². The van der Waals surface area contributed by atoms with Gasteiger partial charge in [0.05, 0.1) is 16.3 Å². The number of rotatable bonds is 9. The second-order valence-corrected chi connectivity index (χ2v) is 9.18. The molecule has 3 aromatic rings. The number of fused-ring (bicyclic) bond motifs is 1. The molecule has 0 aliphatic carbocycles. The molecule has 8 nitrogen and oxygen atoms in total. The smallest absolute Gasteiger partial charge is 0.243 e. The van der Waals surface area contributed by atoms with Gasteiger partial charge in [0, 0.05) is 18.9 Å². The van der Waals surface area contributed by atoms with Crippen LogP contribution in [0.2, 0.25) is 0 Å². The zero-order chi connectivity index (χ0) is 24.1. The number of amides is 2. The number of carbonyl (C=O) groups excluding carboxylic acids is 3. The topological polar surface area (TPSA) is 138 Å². The average Bonchev–Trinajstić information content (AvgIpc) is 3.20. The summed E-state index contributed by atoms with van der Waals surface area (Å²) in [5.74, 6) is -1.34. The highest BCUT2D eigenvalue weighted by Crippen LogP contribution is 2.23. The Labute approximate surface area is 196 Å². The fourth-order valence-corrected chi connectivity index (χ4v) is 4.41. The summed E-state index contributed by atoms with van der Waals surface area (Å²) in [6.07, 6.45) is 0.187. The first kappa shape index (κ1) is 24.1. The number of ketones is 1. The first-order valence-electron chi connectivity index (χ1n) is 10.6. The van der Waals surface area contributed by atoms with E-state index >= 15 is 0 Å². The number of Topliss-reactive ketones (excluding diaryl/α,β-unsaturated/α-hetero) is 1. The molecule has 33 heavy (non-hydrogen) atoms. The van der Waals surface area contributed by atoms with Crippen molar-refractivity contribution in [1.82, 2.24) is 15.6 Å². The van der Waals surface area contributed by atoms with Crippen molar-refractivity contribution in [3.63, 3.8) is 0 Å². The van der Waals surface area contributed by atoms with Gasteiger partial charge in [-0.05, 0) is 29.7 Å². The van der Waals surface area contributed by atoms with E-state index in [2.05, 4.69) is 15.6 Å². The van der Waals surface area contributed by atoms with Gasteiger partial charge >= 0.3 is 0 Å². The molecule has 0 bridgehead atoms. The number of hydrogen-bond acceptors (Lipinski definition) is 6. The summed E-state index contributed by atoms with van der Waals surface area (Å²) in [6, 6.07) is 12.8. The van der Waals surface area contributed by atoms with Gasteiger partial charge < -0.3 is 16.4 Å². The number of nitrogens with two attached hydrogens (primary N) is 1. The Morgan fingerprint density at radius 1 is 1.09 bits per heavy atom. The molecule has 9 heteroatoms. The number of nitrogens with one attached hydrogen (secondary N) is 3. The molecule has 172 valence electrons. The number of benzene rings is 2. The lowest BCUT2D eigenvalue weighted by Gasteiger charge is -2.24. The summed E-state index contributed by atoms with van der Waals surface area (Å²) in [4.78, 5) is 42.6. The van der Waals surface area contributed by atoms with E-state index in [0.717, 1.165) is 10.3 Å². The lowest BCUT2D eigenvalue weighted by Crippen LogP contribution is -2.53. The van der Waals surface area contributed by atoms with E-state index < -0.39 is 18.0 Å². The Morgan fingerprint density at radius 3 is 2.45 bits per heavy atom. The Balaban J connectivity index is 1.93. The fraction of sp³-hybridized carbons (Fsp3) is 0.292. The molecule has 3 rings (SSSR count). The zero-order valence-electron chi connectivity index (χ0n) is 18.7. The van der Waals surface area contributed by atoms with Crippen molar-refractivity contribution >= 4 is 45.0 Å². The van der Waals surface area contributed by atoms with E-state index in [-0.39, 0.29) is 29.9 Å². The quantitative estimate of drug-likeness (QED) is 0.219. The summed E-state index contributed by atoms with van der Waals surface area (Å²) in [7, 11) is 0. The number of amidine groups is 1. The minimum absolute atomic E-state index is 0.0829. The molecule has 0 saturated carbocycles. The van der Waals surface area contributed by atoms with Gasteiger partial charge in [0.1, 0.15) is 11.9 Å². The predicted octanol–water partition coefficient (Wildman–Crippen LogP) is 2.65. The largest absolute Gasteiger partial charge is 0.384 e. The molecule has 0 spiro atoms. The molecule has 1 aromatic heterocycles. The fourth-order valence-electron chi connectivity index (χ4n) is 3.45. The number of aromatic nitrogens is 1. The van der Waals surface area contributed by atoms with Crippen LogP contribution in [0.3, 0.4) is 0 Å². The van der Waals surface area contributed by atoms with Crippen molar-refractivity contribution in [2.75, 3.05) is 0 Å². The summed E-state index contributed by atoms with van der Waals surface area (Å²) >= 11 is 1.27. The van der Waals surface area contributed by atoms with Crippen molar-refractivity contribution in [3.8, 4) is 0 Å². The van der Waals surface area contributed by atoms with Crippen LogP contribution >= 0.6 is 11.3 Å². The molecule has 0 saturated heterocycles. The SMILES string of the molecule is CC(=O)N[C@H](C(=O)NC(Cc1cccc(C(=N)N)c1)C(=O)c1nc2ccccc2s1)C(C)C. The van der Waals surface area contributed by atoms with E-state index in [1.807, 2.05) is 44.2 Å². The number of para-hydroxylation sites is 1. The Hall–Kier alpha value is -3.59. The van der Waals surface area contributed by atoms with Gasteiger partial charge in [-0.15, -0.1) is 11.3 Å². The minimum Gasteiger partial charge on any atom is -0.384 e. The van der Waals surface area contributed by atoms with Gasteiger partial charge in [0.15, 0.2) is 5.01 Å². The highest BCUT2D eigenvalue weighted by Gasteiger charge is 2.30. The molecule has 1 heterocycles. The average molecular weight is 466 g/mol. The number of nitrogens with zero attached hydrogens (tertiary/aromatic N) is 1. The van der Waals surface area contributed by atoms with Gasteiger partial charge in [-0.25, -0.2) is 4.98 Å². The van der Waals surface area contributed by atoms with E-state index in [1.165, 1.54) is 18.3 Å². The molecule has 0 radical (unpaired) electrons. The van der Waals surface area contributed by atoms with Crippen molar-refractivity contribution in [1.29, 1.82) is 5.41 Å². The standard InChI is InChI=1S/C24H27N5O3S/c1-13(2)20(27-14(3)30)23(32)28-18(12-15-7-6-8-16(11-15)22(25)26)21(31)24-29-17-9-4-5-10-19(17)33-24/h4-11,13,18,20H,12H2,1-3H3,(H3,25,26)(H,27,30)(H,28,32)/t18?,20-/m0/s1. The summed E-state index contributed by atoms with van der Waals surface area (Å²) in [5, 5.41) is 13.4. The Bertz CT molecular complexity index is 1170. The molecule has 2 atom stereocenters. The first-order valence-corrected chi connectivity index (χ1v) is 11.4. The first-order chi connectivity index (χ1) is 15.7. The minimum atomic E-state index is -0.907. The van der Waals surface area contributed by atoms with Crippen LogP contribution in [-0.4, -0.2) is 40.5 Å². The maximum absolute atomic E-state index is 13.5. The molecule has 0 aliphatic rings. The van der Waals surface area contributed by atoms with Crippen LogP contribution in [0.5, 0.6) is 0 Å². The van der Waals surface area contributed by atoms with Gasteiger partial charge in [-0.1, -0.05) is 44.2 Å². The number of hydrogen-bond donors (Lipinski definition) is 4. The van der Waals surface area contributed by atoms with E-state index in [9.17, 15) is 14.4 Å². The summed E-state index contributed by atoms with van der Waals surface area (Å²) < 4.78 is 0.878.